The van der Waals surface area contributed by atoms with Gasteiger partial charge >= 0.3 is 6.18 Å². The Kier molecular flexibility index (Phi) is 2.76. The highest BCUT2D eigenvalue weighted by Crippen LogP contribution is 2.54. The van der Waals surface area contributed by atoms with Crippen molar-refractivity contribution >= 4 is 6.29 Å². The van der Waals surface area contributed by atoms with Gasteiger partial charge in [-0.1, -0.05) is 19.1 Å². The molecule has 4 heteroatoms. The fraction of sp³-hybridized carbons (Fsp3) is 0.462. The van der Waals surface area contributed by atoms with Crippen LogP contribution >= 0.6 is 0 Å². The van der Waals surface area contributed by atoms with Gasteiger partial charge in [-0.25, -0.2) is 0 Å². The van der Waals surface area contributed by atoms with Crippen molar-refractivity contribution in [3.63, 3.8) is 0 Å². The summed E-state index contributed by atoms with van der Waals surface area (Å²) in [6, 6.07) is 5.09. The van der Waals surface area contributed by atoms with E-state index in [1.54, 1.807) is 0 Å². The molecule has 0 heterocycles. The Bertz CT molecular complexity index is 415. The lowest BCUT2D eigenvalue weighted by Gasteiger charge is -2.18. The fourth-order valence-electron chi connectivity index (χ4n) is 2.09. The van der Waals surface area contributed by atoms with Crippen LogP contribution in [0.5, 0.6) is 0 Å². The van der Waals surface area contributed by atoms with Gasteiger partial charge in [-0.15, -0.1) is 0 Å². The van der Waals surface area contributed by atoms with E-state index >= 15 is 0 Å². The Morgan fingerprint density at radius 3 is 2.12 bits per heavy atom. The number of carbonyl (C=O) groups is 1. The molecule has 1 atom stereocenters. The second-order valence-electron chi connectivity index (χ2n) is 4.69. The number of carbonyl (C=O) groups excluding carboxylic acids is 1. The van der Waals surface area contributed by atoms with Crippen LogP contribution in [0, 0.1) is 5.41 Å². The Labute approximate surface area is 97.6 Å². The second kappa shape index (κ2) is 3.86. The molecular weight excluding hydrogens is 229 g/mol. The summed E-state index contributed by atoms with van der Waals surface area (Å²) in [5.41, 5.74) is -0.188. The SMILES string of the molecule is CC(c1ccc(C(F)(F)F)cc1)C1(C=O)CC1. The molecule has 1 aliphatic rings. The first kappa shape index (κ1) is 12.1. The minimum atomic E-state index is -4.30. The summed E-state index contributed by atoms with van der Waals surface area (Å²) in [5, 5.41) is 0. The molecule has 0 amide bonds. The van der Waals surface area contributed by atoms with Gasteiger partial charge in [0.15, 0.2) is 0 Å². The number of alkyl halides is 3. The molecule has 2 rings (SSSR count). The zero-order valence-electron chi connectivity index (χ0n) is 9.42. The highest BCUT2D eigenvalue weighted by atomic mass is 19.4. The number of hydrogen-bond acceptors (Lipinski definition) is 1. The van der Waals surface area contributed by atoms with E-state index in [2.05, 4.69) is 0 Å². The third-order valence-corrected chi connectivity index (χ3v) is 3.66. The highest BCUT2D eigenvalue weighted by molar-refractivity contribution is 5.65. The van der Waals surface area contributed by atoms with Gasteiger partial charge in [-0.05, 0) is 36.5 Å². The van der Waals surface area contributed by atoms with Crippen molar-refractivity contribution < 1.29 is 18.0 Å². The number of aldehydes is 1. The zero-order valence-corrected chi connectivity index (χ0v) is 9.42. The standard InChI is InChI=1S/C13H13F3O/c1-9(12(8-17)6-7-12)10-2-4-11(5-3-10)13(14,15)16/h2-5,8-9H,6-7H2,1H3. The van der Waals surface area contributed by atoms with E-state index in [1.165, 1.54) is 12.1 Å². The summed E-state index contributed by atoms with van der Waals surface area (Å²) < 4.78 is 37.1. The molecule has 1 aromatic rings. The second-order valence-corrected chi connectivity index (χ2v) is 4.69. The molecule has 0 radical (unpaired) electrons. The monoisotopic (exact) mass is 242 g/mol. The number of hydrogen-bond donors (Lipinski definition) is 0. The molecule has 92 valence electrons. The minimum Gasteiger partial charge on any atom is -0.303 e. The topological polar surface area (TPSA) is 17.1 Å². The third kappa shape index (κ3) is 2.21. The van der Waals surface area contributed by atoms with Crippen molar-refractivity contribution in [3.05, 3.63) is 35.4 Å². The molecule has 1 aromatic carbocycles. The normalized spacial score (nSPS) is 19.8. The third-order valence-electron chi connectivity index (χ3n) is 3.66. The Morgan fingerprint density at radius 2 is 1.76 bits per heavy atom. The van der Waals surface area contributed by atoms with Crippen LogP contribution in [-0.4, -0.2) is 6.29 Å². The Morgan fingerprint density at radius 1 is 1.24 bits per heavy atom. The molecule has 0 aromatic heterocycles. The summed E-state index contributed by atoms with van der Waals surface area (Å²) in [7, 11) is 0. The first-order chi connectivity index (χ1) is 7.89. The van der Waals surface area contributed by atoms with Gasteiger partial charge < -0.3 is 4.79 Å². The number of halogens is 3. The summed E-state index contributed by atoms with van der Waals surface area (Å²) in [5.74, 6) is -0.0118. The van der Waals surface area contributed by atoms with Crippen molar-refractivity contribution in [1.29, 1.82) is 0 Å². The maximum atomic E-state index is 12.4. The van der Waals surface area contributed by atoms with Gasteiger partial charge in [0.2, 0.25) is 0 Å². The van der Waals surface area contributed by atoms with Crippen LogP contribution in [0.15, 0.2) is 24.3 Å². The van der Waals surface area contributed by atoms with E-state index in [9.17, 15) is 18.0 Å². The number of rotatable bonds is 3. The zero-order chi connectivity index (χ0) is 12.7. The maximum Gasteiger partial charge on any atom is 0.416 e. The summed E-state index contributed by atoms with van der Waals surface area (Å²) in [6.45, 7) is 1.89. The Balaban J connectivity index is 2.21. The molecule has 1 unspecified atom stereocenters. The summed E-state index contributed by atoms with van der Waals surface area (Å²) in [4.78, 5) is 11.0. The summed E-state index contributed by atoms with van der Waals surface area (Å²) >= 11 is 0. The fourth-order valence-corrected chi connectivity index (χ4v) is 2.09. The highest BCUT2D eigenvalue weighted by Gasteiger charge is 2.47. The van der Waals surface area contributed by atoms with Gasteiger partial charge in [0.25, 0.3) is 0 Å². The van der Waals surface area contributed by atoms with Crippen molar-refractivity contribution in [2.45, 2.75) is 31.9 Å². The predicted molar refractivity (Wildman–Crippen MR) is 57.6 cm³/mol. The lowest BCUT2D eigenvalue weighted by Crippen LogP contribution is -2.13. The molecule has 0 aliphatic heterocycles. The molecule has 1 saturated carbocycles. The smallest absolute Gasteiger partial charge is 0.303 e. The molecule has 0 saturated heterocycles. The van der Waals surface area contributed by atoms with Gasteiger partial charge in [0, 0.05) is 5.41 Å². The van der Waals surface area contributed by atoms with E-state index in [-0.39, 0.29) is 11.3 Å². The molecule has 0 N–H and O–H groups in total. The van der Waals surface area contributed by atoms with Crippen molar-refractivity contribution in [1.82, 2.24) is 0 Å². The van der Waals surface area contributed by atoms with Gasteiger partial charge in [-0.3, -0.25) is 0 Å². The Hall–Kier alpha value is -1.32. The average Bonchev–Trinajstić information content (AvgIpc) is 3.08. The summed E-state index contributed by atoms with van der Waals surface area (Å²) in [6.07, 6.45) is -1.70. The van der Waals surface area contributed by atoms with Crippen LogP contribution < -0.4 is 0 Å². The largest absolute Gasteiger partial charge is 0.416 e. The maximum absolute atomic E-state index is 12.4. The number of benzene rings is 1. The first-order valence-corrected chi connectivity index (χ1v) is 5.52. The van der Waals surface area contributed by atoms with Crippen molar-refractivity contribution in [3.8, 4) is 0 Å². The van der Waals surface area contributed by atoms with Crippen molar-refractivity contribution in [2.24, 2.45) is 5.41 Å². The van der Waals surface area contributed by atoms with E-state index in [1.807, 2.05) is 6.92 Å². The van der Waals surface area contributed by atoms with Gasteiger partial charge in [-0.2, -0.15) is 13.2 Å². The lowest BCUT2D eigenvalue weighted by atomic mass is 9.85. The van der Waals surface area contributed by atoms with Crippen LogP contribution in [0.4, 0.5) is 13.2 Å². The molecule has 1 fully saturated rings. The van der Waals surface area contributed by atoms with Crippen LogP contribution in [-0.2, 0) is 11.0 Å². The van der Waals surface area contributed by atoms with E-state index in [4.69, 9.17) is 0 Å². The van der Waals surface area contributed by atoms with E-state index in [0.717, 1.165) is 36.8 Å². The molecular formula is C13H13F3O. The average molecular weight is 242 g/mol. The molecule has 1 aliphatic carbocycles. The van der Waals surface area contributed by atoms with Crippen LogP contribution in [0.3, 0.4) is 0 Å². The molecule has 0 spiro atoms. The molecule has 1 nitrogen and oxygen atoms in total. The van der Waals surface area contributed by atoms with Gasteiger partial charge in [0.05, 0.1) is 5.56 Å². The van der Waals surface area contributed by atoms with E-state index in [0.29, 0.717) is 0 Å². The minimum absolute atomic E-state index is 0.0118. The van der Waals surface area contributed by atoms with Crippen molar-refractivity contribution in [2.75, 3.05) is 0 Å². The predicted octanol–water partition coefficient (Wildman–Crippen LogP) is 3.79. The van der Waals surface area contributed by atoms with E-state index < -0.39 is 11.7 Å². The lowest BCUT2D eigenvalue weighted by molar-refractivity contribution is -0.137. The van der Waals surface area contributed by atoms with Crippen LogP contribution in [0.2, 0.25) is 0 Å². The van der Waals surface area contributed by atoms with Crippen LogP contribution in [0.25, 0.3) is 0 Å². The molecule has 0 bridgehead atoms. The van der Waals surface area contributed by atoms with Crippen LogP contribution in [0.1, 0.15) is 36.8 Å². The van der Waals surface area contributed by atoms with Gasteiger partial charge in [0.1, 0.15) is 6.29 Å². The molecule has 17 heavy (non-hydrogen) atoms. The quantitative estimate of drug-likeness (QED) is 0.737. The first-order valence-electron chi connectivity index (χ1n) is 5.52.